The first-order chi connectivity index (χ1) is 10.6. The lowest BCUT2D eigenvalue weighted by atomic mass is 10.1. The predicted molar refractivity (Wildman–Crippen MR) is 93.6 cm³/mol. The van der Waals surface area contributed by atoms with Gasteiger partial charge in [0, 0.05) is 13.1 Å². The van der Waals surface area contributed by atoms with E-state index in [-0.39, 0.29) is 0 Å². The summed E-state index contributed by atoms with van der Waals surface area (Å²) in [4.78, 5) is 0.423. The van der Waals surface area contributed by atoms with Crippen molar-refractivity contribution in [2.75, 3.05) is 13.1 Å². The Kier molecular flexibility index (Phi) is 8.72. The molecule has 0 saturated carbocycles. The number of hydrogen-bond acceptors (Lipinski definition) is 2. The fourth-order valence-corrected chi connectivity index (χ4v) is 4.21. The molecule has 22 heavy (non-hydrogen) atoms. The Balaban J connectivity index is 2.74. The first-order valence-corrected chi connectivity index (χ1v) is 10.1. The van der Waals surface area contributed by atoms with Gasteiger partial charge in [0.05, 0.1) is 4.90 Å². The van der Waals surface area contributed by atoms with Gasteiger partial charge in [-0.25, -0.2) is 8.42 Å². The maximum absolute atomic E-state index is 12.6. The van der Waals surface area contributed by atoms with Crippen molar-refractivity contribution < 1.29 is 8.42 Å². The Labute approximate surface area is 136 Å². The van der Waals surface area contributed by atoms with Crippen molar-refractivity contribution in [3.8, 4) is 0 Å². The Morgan fingerprint density at radius 1 is 0.818 bits per heavy atom. The van der Waals surface area contributed by atoms with Crippen LogP contribution >= 0.6 is 0 Å². The molecule has 4 heteroatoms. The maximum atomic E-state index is 12.6. The van der Waals surface area contributed by atoms with Crippen LogP contribution in [0.5, 0.6) is 0 Å². The molecule has 0 unspecified atom stereocenters. The molecule has 126 valence electrons. The van der Waals surface area contributed by atoms with Crippen molar-refractivity contribution in [3.05, 3.63) is 29.8 Å². The van der Waals surface area contributed by atoms with Gasteiger partial charge in [-0.05, 0) is 43.4 Å². The van der Waals surface area contributed by atoms with Crippen molar-refractivity contribution >= 4 is 10.0 Å². The van der Waals surface area contributed by atoms with Gasteiger partial charge in [0.2, 0.25) is 10.0 Å². The highest BCUT2D eigenvalue weighted by Crippen LogP contribution is 2.18. The zero-order chi connectivity index (χ0) is 16.4. The number of benzene rings is 1. The van der Waals surface area contributed by atoms with Crippen LogP contribution < -0.4 is 0 Å². The standard InChI is InChI=1S/C18H31NO2S/c1-4-7-8-9-10-17-11-13-18(14-12-17)22(20,21)19(15-5-2)16-6-3/h11-14H,4-10,15-16H2,1-3H3. The summed E-state index contributed by atoms with van der Waals surface area (Å²) in [6.07, 6.45) is 7.66. The molecule has 0 spiro atoms. The van der Waals surface area contributed by atoms with E-state index in [2.05, 4.69) is 6.92 Å². The van der Waals surface area contributed by atoms with Crippen LogP contribution in [0.1, 0.15) is 64.9 Å². The average Bonchev–Trinajstić information content (AvgIpc) is 2.52. The summed E-state index contributed by atoms with van der Waals surface area (Å²) in [6, 6.07) is 7.47. The topological polar surface area (TPSA) is 37.4 Å². The zero-order valence-corrected chi connectivity index (χ0v) is 15.2. The second kappa shape index (κ2) is 10.0. The predicted octanol–water partition coefficient (Wildman–Crippen LogP) is 4.62. The van der Waals surface area contributed by atoms with Crippen molar-refractivity contribution in [2.24, 2.45) is 0 Å². The van der Waals surface area contributed by atoms with Crippen LogP contribution in [-0.4, -0.2) is 25.8 Å². The molecule has 0 bridgehead atoms. The van der Waals surface area contributed by atoms with E-state index < -0.39 is 10.0 Å². The van der Waals surface area contributed by atoms with E-state index in [0.29, 0.717) is 18.0 Å². The number of aryl methyl sites for hydroxylation is 1. The van der Waals surface area contributed by atoms with Crippen LogP contribution in [-0.2, 0) is 16.4 Å². The maximum Gasteiger partial charge on any atom is 0.243 e. The minimum absolute atomic E-state index is 0.423. The van der Waals surface area contributed by atoms with E-state index in [1.165, 1.54) is 31.2 Å². The zero-order valence-electron chi connectivity index (χ0n) is 14.3. The molecule has 1 aromatic rings. The molecule has 0 amide bonds. The first kappa shape index (κ1) is 19.2. The van der Waals surface area contributed by atoms with Gasteiger partial charge >= 0.3 is 0 Å². The van der Waals surface area contributed by atoms with Crippen LogP contribution in [0, 0.1) is 0 Å². The molecule has 0 atom stereocenters. The highest BCUT2D eigenvalue weighted by molar-refractivity contribution is 7.89. The molecule has 0 saturated heterocycles. The van der Waals surface area contributed by atoms with Gasteiger partial charge in [0.25, 0.3) is 0 Å². The van der Waals surface area contributed by atoms with E-state index in [1.807, 2.05) is 26.0 Å². The number of hydrogen-bond donors (Lipinski definition) is 0. The number of unbranched alkanes of at least 4 members (excludes halogenated alkanes) is 3. The third kappa shape index (κ3) is 5.73. The summed E-state index contributed by atoms with van der Waals surface area (Å²) in [5, 5.41) is 0. The lowest BCUT2D eigenvalue weighted by Crippen LogP contribution is -2.32. The lowest BCUT2D eigenvalue weighted by Gasteiger charge is -2.21. The largest absolute Gasteiger partial charge is 0.243 e. The Morgan fingerprint density at radius 2 is 1.41 bits per heavy atom. The van der Waals surface area contributed by atoms with Crippen LogP contribution in [0.2, 0.25) is 0 Å². The van der Waals surface area contributed by atoms with Gasteiger partial charge in [0.1, 0.15) is 0 Å². The molecule has 0 radical (unpaired) electrons. The van der Waals surface area contributed by atoms with Crippen LogP contribution in [0.25, 0.3) is 0 Å². The van der Waals surface area contributed by atoms with Crippen molar-refractivity contribution in [1.29, 1.82) is 0 Å². The second-order valence-electron chi connectivity index (χ2n) is 5.86. The van der Waals surface area contributed by atoms with Crippen molar-refractivity contribution in [3.63, 3.8) is 0 Å². The minimum atomic E-state index is -3.34. The van der Waals surface area contributed by atoms with Gasteiger partial charge in [-0.2, -0.15) is 4.31 Å². The SMILES string of the molecule is CCCCCCc1ccc(S(=O)(=O)N(CCC)CCC)cc1. The van der Waals surface area contributed by atoms with E-state index in [1.54, 1.807) is 16.4 Å². The quantitative estimate of drug-likeness (QED) is 0.557. The molecule has 0 aliphatic rings. The highest BCUT2D eigenvalue weighted by atomic mass is 32.2. The molecule has 0 aliphatic carbocycles. The second-order valence-corrected chi connectivity index (χ2v) is 7.80. The summed E-state index contributed by atoms with van der Waals surface area (Å²) in [5.41, 5.74) is 1.23. The monoisotopic (exact) mass is 325 g/mol. The van der Waals surface area contributed by atoms with E-state index in [4.69, 9.17) is 0 Å². The summed E-state index contributed by atoms with van der Waals surface area (Å²) >= 11 is 0. The van der Waals surface area contributed by atoms with Crippen LogP contribution in [0.3, 0.4) is 0 Å². The number of sulfonamides is 1. The van der Waals surface area contributed by atoms with Gasteiger partial charge < -0.3 is 0 Å². The molecule has 1 aromatic carbocycles. The van der Waals surface area contributed by atoms with E-state index in [0.717, 1.165) is 19.3 Å². The van der Waals surface area contributed by atoms with Gasteiger partial charge in [-0.3, -0.25) is 0 Å². The molecule has 0 fully saturated rings. The molecule has 1 rings (SSSR count). The van der Waals surface area contributed by atoms with Gasteiger partial charge in [-0.1, -0.05) is 52.2 Å². The summed E-state index contributed by atoms with van der Waals surface area (Å²) in [5.74, 6) is 0. The lowest BCUT2D eigenvalue weighted by molar-refractivity contribution is 0.410. The number of nitrogens with zero attached hydrogens (tertiary/aromatic N) is 1. The van der Waals surface area contributed by atoms with Gasteiger partial charge in [-0.15, -0.1) is 0 Å². The minimum Gasteiger partial charge on any atom is -0.207 e. The molecule has 0 aliphatic heterocycles. The van der Waals surface area contributed by atoms with Crippen LogP contribution in [0.15, 0.2) is 29.2 Å². The van der Waals surface area contributed by atoms with Crippen molar-refractivity contribution in [1.82, 2.24) is 4.31 Å². The Hall–Kier alpha value is -0.870. The fraction of sp³-hybridized carbons (Fsp3) is 0.667. The molecule has 0 N–H and O–H groups in total. The number of rotatable bonds is 11. The molecule has 0 heterocycles. The smallest absolute Gasteiger partial charge is 0.207 e. The van der Waals surface area contributed by atoms with E-state index in [9.17, 15) is 8.42 Å². The Bertz CT molecular complexity index is 502. The summed E-state index contributed by atoms with van der Waals surface area (Å²) in [6.45, 7) is 7.41. The average molecular weight is 326 g/mol. The van der Waals surface area contributed by atoms with Gasteiger partial charge in [0.15, 0.2) is 0 Å². The van der Waals surface area contributed by atoms with E-state index >= 15 is 0 Å². The summed E-state index contributed by atoms with van der Waals surface area (Å²) < 4.78 is 26.9. The third-order valence-electron chi connectivity index (χ3n) is 3.83. The Morgan fingerprint density at radius 3 is 1.91 bits per heavy atom. The first-order valence-electron chi connectivity index (χ1n) is 8.65. The molecule has 0 aromatic heterocycles. The fourth-order valence-electron chi connectivity index (χ4n) is 2.58. The van der Waals surface area contributed by atoms with Crippen LogP contribution in [0.4, 0.5) is 0 Å². The molecule has 3 nitrogen and oxygen atoms in total. The molecular formula is C18H31NO2S. The third-order valence-corrected chi connectivity index (χ3v) is 5.74. The van der Waals surface area contributed by atoms with Crippen molar-refractivity contribution in [2.45, 2.75) is 70.6 Å². The molecular weight excluding hydrogens is 294 g/mol. The normalized spacial score (nSPS) is 12.0. The highest BCUT2D eigenvalue weighted by Gasteiger charge is 2.22. The summed E-state index contributed by atoms with van der Waals surface area (Å²) in [7, 11) is -3.34.